The van der Waals surface area contributed by atoms with Gasteiger partial charge >= 0.3 is 0 Å². The SMILES string of the molecule is Cc1ccc(CNCCN(C)C(C)C)cc1Br. The number of hydrogen-bond acceptors (Lipinski definition) is 2. The minimum absolute atomic E-state index is 0.616. The zero-order valence-electron chi connectivity index (χ0n) is 11.3. The first kappa shape index (κ1) is 14.7. The highest BCUT2D eigenvalue weighted by Gasteiger charge is 2.02. The van der Waals surface area contributed by atoms with Crippen molar-refractivity contribution in [2.75, 3.05) is 20.1 Å². The number of nitrogens with one attached hydrogen (secondary N) is 1. The van der Waals surface area contributed by atoms with E-state index in [4.69, 9.17) is 0 Å². The van der Waals surface area contributed by atoms with Crippen LogP contribution in [0.15, 0.2) is 22.7 Å². The second kappa shape index (κ2) is 7.14. The molecule has 0 amide bonds. The number of aryl methyl sites for hydroxylation is 1. The fourth-order valence-corrected chi connectivity index (χ4v) is 1.92. The lowest BCUT2D eigenvalue weighted by molar-refractivity contribution is 0.273. The third-order valence-electron chi connectivity index (χ3n) is 3.09. The molecule has 0 bridgehead atoms. The van der Waals surface area contributed by atoms with Gasteiger partial charge in [0.1, 0.15) is 0 Å². The highest BCUT2D eigenvalue weighted by Crippen LogP contribution is 2.17. The maximum absolute atomic E-state index is 3.56. The molecule has 0 aliphatic carbocycles. The Hall–Kier alpha value is -0.380. The summed E-state index contributed by atoms with van der Waals surface area (Å²) in [6.07, 6.45) is 0. The minimum Gasteiger partial charge on any atom is -0.311 e. The number of halogens is 1. The zero-order chi connectivity index (χ0) is 12.8. The Labute approximate surface area is 114 Å². The maximum Gasteiger partial charge on any atom is 0.0207 e. The van der Waals surface area contributed by atoms with Gasteiger partial charge in [0.2, 0.25) is 0 Å². The monoisotopic (exact) mass is 298 g/mol. The lowest BCUT2D eigenvalue weighted by Crippen LogP contribution is -2.33. The summed E-state index contributed by atoms with van der Waals surface area (Å²) in [5.74, 6) is 0. The van der Waals surface area contributed by atoms with E-state index in [0.717, 1.165) is 19.6 Å². The van der Waals surface area contributed by atoms with Gasteiger partial charge in [-0.1, -0.05) is 28.1 Å². The van der Waals surface area contributed by atoms with Crippen molar-refractivity contribution in [1.29, 1.82) is 0 Å². The largest absolute Gasteiger partial charge is 0.311 e. The van der Waals surface area contributed by atoms with E-state index in [0.29, 0.717) is 6.04 Å². The van der Waals surface area contributed by atoms with Crippen LogP contribution in [-0.4, -0.2) is 31.1 Å². The van der Waals surface area contributed by atoms with Gasteiger partial charge in [-0.2, -0.15) is 0 Å². The molecule has 0 unspecified atom stereocenters. The fourth-order valence-electron chi connectivity index (χ4n) is 1.49. The van der Waals surface area contributed by atoms with Crippen molar-refractivity contribution in [2.24, 2.45) is 0 Å². The molecule has 3 heteroatoms. The third kappa shape index (κ3) is 5.19. The van der Waals surface area contributed by atoms with Crippen molar-refractivity contribution in [3.8, 4) is 0 Å². The molecular weight excluding hydrogens is 276 g/mol. The van der Waals surface area contributed by atoms with Crippen molar-refractivity contribution < 1.29 is 0 Å². The summed E-state index contributed by atoms with van der Waals surface area (Å²) in [6, 6.07) is 7.14. The quantitative estimate of drug-likeness (QED) is 0.812. The molecule has 0 heterocycles. The first-order chi connectivity index (χ1) is 8.00. The van der Waals surface area contributed by atoms with E-state index in [1.807, 2.05) is 0 Å². The molecule has 0 aliphatic rings. The Morgan fingerprint density at radius 1 is 1.35 bits per heavy atom. The maximum atomic E-state index is 3.56. The first-order valence-electron chi connectivity index (χ1n) is 6.16. The molecule has 0 aromatic heterocycles. The summed E-state index contributed by atoms with van der Waals surface area (Å²) in [5.41, 5.74) is 2.61. The van der Waals surface area contributed by atoms with E-state index < -0.39 is 0 Å². The smallest absolute Gasteiger partial charge is 0.0207 e. The van der Waals surface area contributed by atoms with Gasteiger partial charge in [0, 0.05) is 30.1 Å². The molecule has 0 atom stereocenters. The normalized spacial score (nSPS) is 11.5. The van der Waals surface area contributed by atoms with Crippen LogP contribution in [0.2, 0.25) is 0 Å². The average molecular weight is 299 g/mol. The molecule has 0 spiro atoms. The number of likely N-dealkylation sites (N-methyl/N-ethyl adjacent to an activating group) is 1. The van der Waals surface area contributed by atoms with Gasteiger partial charge in [-0.3, -0.25) is 0 Å². The van der Waals surface area contributed by atoms with E-state index in [9.17, 15) is 0 Å². The highest BCUT2D eigenvalue weighted by molar-refractivity contribution is 9.10. The standard InChI is InChI=1S/C14H23BrN2/c1-11(2)17(4)8-7-16-10-13-6-5-12(3)14(15)9-13/h5-6,9,11,16H,7-8,10H2,1-4H3. The van der Waals surface area contributed by atoms with Crippen LogP contribution in [0.4, 0.5) is 0 Å². The van der Waals surface area contributed by atoms with Gasteiger partial charge in [0.25, 0.3) is 0 Å². The lowest BCUT2D eigenvalue weighted by Gasteiger charge is -2.20. The van der Waals surface area contributed by atoms with Gasteiger partial charge in [0.15, 0.2) is 0 Å². The molecule has 1 N–H and O–H groups in total. The number of benzene rings is 1. The average Bonchev–Trinajstić information content (AvgIpc) is 2.28. The second-order valence-electron chi connectivity index (χ2n) is 4.83. The van der Waals surface area contributed by atoms with E-state index in [2.05, 4.69) is 72.2 Å². The van der Waals surface area contributed by atoms with Crippen molar-refractivity contribution >= 4 is 15.9 Å². The topological polar surface area (TPSA) is 15.3 Å². The summed E-state index contributed by atoms with van der Waals surface area (Å²) >= 11 is 3.56. The molecule has 96 valence electrons. The van der Waals surface area contributed by atoms with Gasteiger partial charge in [-0.05, 0) is 45.0 Å². The number of hydrogen-bond donors (Lipinski definition) is 1. The summed E-state index contributed by atoms with van der Waals surface area (Å²) in [6.45, 7) is 9.60. The van der Waals surface area contributed by atoms with Crippen LogP contribution in [0.1, 0.15) is 25.0 Å². The van der Waals surface area contributed by atoms with Gasteiger partial charge in [0.05, 0.1) is 0 Å². The molecule has 0 aliphatic heterocycles. The molecule has 0 saturated heterocycles. The molecule has 0 fully saturated rings. The summed E-state index contributed by atoms with van der Waals surface area (Å²) < 4.78 is 1.19. The predicted octanol–water partition coefficient (Wildman–Crippen LogP) is 3.19. The third-order valence-corrected chi connectivity index (χ3v) is 3.94. The molecule has 1 aromatic carbocycles. The van der Waals surface area contributed by atoms with Gasteiger partial charge in [-0.25, -0.2) is 0 Å². The van der Waals surface area contributed by atoms with Crippen LogP contribution >= 0.6 is 15.9 Å². The van der Waals surface area contributed by atoms with Gasteiger partial charge in [-0.15, -0.1) is 0 Å². The molecule has 0 saturated carbocycles. The highest BCUT2D eigenvalue weighted by atomic mass is 79.9. The second-order valence-corrected chi connectivity index (χ2v) is 5.69. The summed E-state index contributed by atoms with van der Waals surface area (Å²) in [4.78, 5) is 2.35. The predicted molar refractivity (Wildman–Crippen MR) is 78.4 cm³/mol. The van der Waals surface area contributed by atoms with E-state index in [1.54, 1.807) is 0 Å². The van der Waals surface area contributed by atoms with Crippen LogP contribution in [0.5, 0.6) is 0 Å². The lowest BCUT2D eigenvalue weighted by atomic mass is 10.1. The Balaban J connectivity index is 2.29. The Bertz CT molecular complexity index is 350. The molecule has 2 nitrogen and oxygen atoms in total. The summed E-state index contributed by atoms with van der Waals surface area (Å²) in [5, 5.41) is 3.47. The van der Waals surface area contributed by atoms with Crippen molar-refractivity contribution in [3.63, 3.8) is 0 Å². The Morgan fingerprint density at radius 3 is 2.65 bits per heavy atom. The van der Waals surface area contributed by atoms with Crippen LogP contribution in [0, 0.1) is 6.92 Å². The fraction of sp³-hybridized carbons (Fsp3) is 0.571. The molecular formula is C14H23BrN2. The van der Waals surface area contributed by atoms with E-state index in [-0.39, 0.29) is 0 Å². The first-order valence-corrected chi connectivity index (χ1v) is 6.96. The van der Waals surface area contributed by atoms with Crippen LogP contribution in [0.3, 0.4) is 0 Å². The van der Waals surface area contributed by atoms with E-state index >= 15 is 0 Å². The van der Waals surface area contributed by atoms with Crippen LogP contribution in [-0.2, 0) is 6.54 Å². The summed E-state index contributed by atoms with van der Waals surface area (Å²) in [7, 11) is 2.16. The molecule has 17 heavy (non-hydrogen) atoms. The van der Waals surface area contributed by atoms with Crippen molar-refractivity contribution in [3.05, 3.63) is 33.8 Å². The van der Waals surface area contributed by atoms with Crippen molar-refractivity contribution in [1.82, 2.24) is 10.2 Å². The molecule has 1 rings (SSSR count). The molecule has 1 aromatic rings. The molecule has 0 radical (unpaired) electrons. The number of rotatable bonds is 6. The Kier molecular flexibility index (Phi) is 6.17. The van der Waals surface area contributed by atoms with Gasteiger partial charge < -0.3 is 10.2 Å². The van der Waals surface area contributed by atoms with Crippen LogP contribution in [0.25, 0.3) is 0 Å². The number of nitrogens with zero attached hydrogens (tertiary/aromatic N) is 1. The van der Waals surface area contributed by atoms with E-state index in [1.165, 1.54) is 15.6 Å². The zero-order valence-corrected chi connectivity index (χ0v) is 12.8. The minimum atomic E-state index is 0.616. The van der Waals surface area contributed by atoms with Crippen molar-refractivity contribution in [2.45, 2.75) is 33.4 Å². The Morgan fingerprint density at radius 2 is 2.06 bits per heavy atom. The van der Waals surface area contributed by atoms with Crippen LogP contribution < -0.4 is 5.32 Å².